The minimum atomic E-state index is -0.494. The molecule has 16 heavy (non-hydrogen) atoms. The molecule has 0 aromatic heterocycles. The van der Waals surface area contributed by atoms with Gasteiger partial charge in [0.15, 0.2) is 0 Å². The third-order valence-corrected chi connectivity index (χ3v) is 2.88. The first kappa shape index (κ1) is 11.1. The van der Waals surface area contributed by atoms with Crippen molar-refractivity contribution < 1.29 is 9.18 Å². The Morgan fingerprint density at radius 2 is 2.19 bits per heavy atom. The largest absolute Gasteiger partial charge is 0.348 e. The van der Waals surface area contributed by atoms with Gasteiger partial charge in [0.05, 0.1) is 5.56 Å². The molecular weight excluding hydrogens is 207 g/mol. The Hall–Kier alpha value is -1.42. The first-order valence-electron chi connectivity index (χ1n) is 5.48. The van der Waals surface area contributed by atoms with Crippen LogP contribution in [-0.2, 0) is 0 Å². The summed E-state index contributed by atoms with van der Waals surface area (Å²) in [5, 5.41) is 2.78. The Labute approximate surface area is 93.8 Å². The molecule has 3 N–H and O–H groups in total. The smallest absolute Gasteiger partial charge is 0.254 e. The van der Waals surface area contributed by atoms with Crippen LogP contribution in [0.4, 0.5) is 4.39 Å². The second-order valence-corrected chi connectivity index (χ2v) is 4.13. The molecule has 1 aliphatic carbocycles. The van der Waals surface area contributed by atoms with Crippen LogP contribution in [-0.4, -0.2) is 18.5 Å². The van der Waals surface area contributed by atoms with Gasteiger partial charge in [0.2, 0.25) is 0 Å². The fourth-order valence-electron chi connectivity index (χ4n) is 1.76. The van der Waals surface area contributed by atoms with Crippen LogP contribution in [0.25, 0.3) is 0 Å². The predicted octanol–water partition coefficient (Wildman–Crippen LogP) is 1.29. The molecule has 1 saturated carbocycles. The summed E-state index contributed by atoms with van der Waals surface area (Å²) >= 11 is 0. The molecule has 2 rings (SSSR count). The molecule has 3 nitrogen and oxygen atoms in total. The number of carbonyl (C=O) groups is 1. The molecular formula is C12H15FN2O. The Bertz CT molecular complexity index is 390. The van der Waals surface area contributed by atoms with Crippen molar-refractivity contribution in [3.05, 3.63) is 35.6 Å². The van der Waals surface area contributed by atoms with E-state index in [0.29, 0.717) is 12.5 Å². The third-order valence-electron chi connectivity index (χ3n) is 2.88. The predicted molar refractivity (Wildman–Crippen MR) is 59.4 cm³/mol. The molecule has 1 aromatic carbocycles. The lowest BCUT2D eigenvalue weighted by Crippen LogP contribution is -2.42. The van der Waals surface area contributed by atoms with Crippen molar-refractivity contribution in [3.63, 3.8) is 0 Å². The summed E-state index contributed by atoms with van der Waals surface area (Å²) in [6.07, 6.45) is 2.19. The van der Waals surface area contributed by atoms with Gasteiger partial charge in [-0.1, -0.05) is 12.1 Å². The van der Waals surface area contributed by atoms with Crippen molar-refractivity contribution in [2.24, 2.45) is 11.7 Å². The molecule has 1 aliphatic rings. The van der Waals surface area contributed by atoms with E-state index < -0.39 is 5.82 Å². The maximum atomic E-state index is 13.3. The highest BCUT2D eigenvalue weighted by molar-refractivity contribution is 5.94. The highest BCUT2D eigenvalue weighted by Crippen LogP contribution is 2.32. The summed E-state index contributed by atoms with van der Waals surface area (Å²) in [6, 6.07) is 5.95. The maximum Gasteiger partial charge on any atom is 0.254 e. The van der Waals surface area contributed by atoms with Crippen molar-refractivity contribution in [1.82, 2.24) is 5.32 Å². The molecule has 1 aromatic rings. The van der Waals surface area contributed by atoms with Gasteiger partial charge in [-0.15, -0.1) is 0 Å². The van der Waals surface area contributed by atoms with E-state index in [0.717, 1.165) is 12.8 Å². The summed E-state index contributed by atoms with van der Waals surface area (Å²) in [7, 11) is 0. The molecule has 0 spiro atoms. The first-order valence-corrected chi connectivity index (χ1v) is 5.48. The van der Waals surface area contributed by atoms with Crippen molar-refractivity contribution in [1.29, 1.82) is 0 Å². The van der Waals surface area contributed by atoms with E-state index in [1.165, 1.54) is 12.1 Å². The SMILES string of the molecule is NCC(NC(=O)c1ccccc1F)C1CC1. The molecule has 1 fully saturated rings. The Balaban J connectivity index is 2.04. The Morgan fingerprint density at radius 1 is 1.50 bits per heavy atom. The van der Waals surface area contributed by atoms with Gasteiger partial charge < -0.3 is 11.1 Å². The van der Waals surface area contributed by atoms with Gasteiger partial charge in [-0.05, 0) is 30.9 Å². The minimum absolute atomic E-state index is 0.0212. The van der Waals surface area contributed by atoms with Gasteiger partial charge in [-0.3, -0.25) is 4.79 Å². The monoisotopic (exact) mass is 222 g/mol. The van der Waals surface area contributed by atoms with Crippen molar-refractivity contribution in [2.45, 2.75) is 18.9 Å². The summed E-state index contributed by atoms with van der Waals surface area (Å²) < 4.78 is 13.3. The van der Waals surface area contributed by atoms with E-state index in [9.17, 15) is 9.18 Å². The van der Waals surface area contributed by atoms with Gasteiger partial charge >= 0.3 is 0 Å². The molecule has 86 valence electrons. The van der Waals surface area contributed by atoms with E-state index in [-0.39, 0.29) is 17.5 Å². The third kappa shape index (κ3) is 2.39. The van der Waals surface area contributed by atoms with Crippen LogP contribution in [0.5, 0.6) is 0 Å². The van der Waals surface area contributed by atoms with Gasteiger partial charge in [0.25, 0.3) is 5.91 Å². The molecule has 0 heterocycles. The van der Waals surface area contributed by atoms with E-state index in [2.05, 4.69) is 5.32 Å². The van der Waals surface area contributed by atoms with Crippen LogP contribution in [0.15, 0.2) is 24.3 Å². The highest BCUT2D eigenvalue weighted by Gasteiger charge is 2.31. The second-order valence-electron chi connectivity index (χ2n) is 4.13. The van der Waals surface area contributed by atoms with Crippen LogP contribution in [0.2, 0.25) is 0 Å². The lowest BCUT2D eigenvalue weighted by Gasteiger charge is -2.16. The van der Waals surface area contributed by atoms with E-state index in [1.54, 1.807) is 12.1 Å². The number of nitrogens with two attached hydrogens (primary N) is 1. The summed E-state index contributed by atoms with van der Waals surface area (Å²) in [4.78, 5) is 11.8. The van der Waals surface area contributed by atoms with Gasteiger partial charge in [0, 0.05) is 12.6 Å². The number of nitrogens with one attached hydrogen (secondary N) is 1. The maximum absolute atomic E-state index is 13.3. The topological polar surface area (TPSA) is 55.1 Å². The zero-order valence-corrected chi connectivity index (χ0v) is 8.95. The number of amides is 1. The van der Waals surface area contributed by atoms with Crippen molar-refractivity contribution in [3.8, 4) is 0 Å². The fourth-order valence-corrected chi connectivity index (χ4v) is 1.76. The molecule has 1 unspecified atom stereocenters. The zero-order valence-electron chi connectivity index (χ0n) is 8.95. The molecule has 0 bridgehead atoms. The van der Waals surface area contributed by atoms with E-state index in [1.807, 2.05) is 0 Å². The molecule has 0 radical (unpaired) electrons. The number of halogens is 1. The van der Waals surface area contributed by atoms with E-state index in [4.69, 9.17) is 5.73 Å². The van der Waals surface area contributed by atoms with Crippen LogP contribution in [0.1, 0.15) is 23.2 Å². The number of rotatable bonds is 4. The molecule has 1 atom stereocenters. The van der Waals surface area contributed by atoms with Gasteiger partial charge in [-0.25, -0.2) is 4.39 Å². The highest BCUT2D eigenvalue weighted by atomic mass is 19.1. The van der Waals surface area contributed by atoms with Crippen LogP contribution >= 0.6 is 0 Å². The molecule has 0 aliphatic heterocycles. The molecule has 1 amide bonds. The average molecular weight is 222 g/mol. The van der Waals surface area contributed by atoms with E-state index >= 15 is 0 Å². The lowest BCUT2D eigenvalue weighted by atomic mass is 10.1. The standard InChI is InChI=1S/C12H15FN2O/c13-10-4-2-1-3-9(10)12(16)15-11(7-14)8-5-6-8/h1-4,8,11H,5-7,14H2,(H,15,16). The average Bonchev–Trinajstić information content (AvgIpc) is 3.10. The van der Waals surface area contributed by atoms with Crippen LogP contribution < -0.4 is 11.1 Å². The Morgan fingerprint density at radius 3 is 2.75 bits per heavy atom. The van der Waals surface area contributed by atoms with Gasteiger partial charge in [-0.2, -0.15) is 0 Å². The van der Waals surface area contributed by atoms with Crippen molar-refractivity contribution >= 4 is 5.91 Å². The van der Waals surface area contributed by atoms with Crippen LogP contribution in [0.3, 0.4) is 0 Å². The minimum Gasteiger partial charge on any atom is -0.348 e. The second kappa shape index (κ2) is 4.61. The van der Waals surface area contributed by atoms with Crippen LogP contribution in [0, 0.1) is 11.7 Å². The summed E-state index contributed by atoms with van der Waals surface area (Å²) in [5.74, 6) is -0.396. The molecule has 4 heteroatoms. The number of benzene rings is 1. The zero-order chi connectivity index (χ0) is 11.5. The normalized spacial score (nSPS) is 16.9. The quantitative estimate of drug-likeness (QED) is 0.806. The number of hydrogen-bond acceptors (Lipinski definition) is 2. The number of hydrogen-bond donors (Lipinski definition) is 2. The summed E-state index contributed by atoms with van der Waals surface area (Å²) in [6.45, 7) is 0.408. The Kier molecular flexibility index (Phi) is 3.19. The van der Waals surface area contributed by atoms with Crippen molar-refractivity contribution in [2.75, 3.05) is 6.54 Å². The lowest BCUT2D eigenvalue weighted by molar-refractivity contribution is 0.0929. The fraction of sp³-hybridized carbons (Fsp3) is 0.417. The number of carbonyl (C=O) groups excluding carboxylic acids is 1. The molecule has 0 saturated heterocycles. The first-order chi connectivity index (χ1) is 7.72. The summed E-state index contributed by atoms with van der Waals surface area (Å²) in [5.41, 5.74) is 5.65. The van der Waals surface area contributed by atoms with Gasteiger partial charge in [0.1, 0.15) is 5.82 Å².